The first-order valence-electron chi connectivity index (χ1n) is 4.80. The summed E-state index contributed by atoms with van der Waals surface area (Å²) in [5.41, 5.74) is 0. The zero-order valence-electron chi connectivity index (χ0n) is 8.93. The Balaban J connectivity index is 2.19. The van der Waals surface area contributed by atoms with Crippen LogP contribution in [0.25, 0.3) is 0 Å². The fourth-order valence-electron chi connectivity index (χ4n) is 0.836. The molecule has 0 bridgehead atoms. The van der Waals surface area contributed by atoms with Crippen molar-refractivity contribution in [3.8, 4) is 0 Å². The van der Waals surface area contributed by atoms with Crippen LogP contribution in [0.15, 0.2) is 0 Å². The standard InChI is InChI=1S/C8H10F2O7S/c9-8(10,18-17-16-13)7(12)15-4-6(11)14-3-5-1-2-5/h5,13H,1-4H2/p-1. The molecule has 1 aliphatic rings. The van der Waals surface area contributed by atoms with Crippen LogP contribution in [0.2, 0.25) is 0 Å². The van der Waals surface area contributed by atoms with Gasteiger partial charge < -0.3 is 14.7 Å². The largest absolute Gasteiger partial charge is 0.691 e. The van der Waals surface area contributed by atoms with Crippen LogP contribution in [0.1, 0.15) is 12.8 Å². The number of carbonyl (C=O) groups is 2. The molecule has 0 radical (unpaired) electrons. The topological polar surface area (TPSA) is 94.1 Å². The van der Waals surface area contributed by atoms with E-state index in [2.05, 4.69) is 18.8 Å². The summed E-state index contributed by atoms with van der Waals surface area (Å²) < 4.78 is 37.5. The van der Waals surface area contributed by atoms with Gasteiger partial charge in [-0.2, -0.15) is 13.1 Å². The predicted molar refractivity (Wildman–Crippen MR) is 49.4 cm³/mol. The molecule has 0 N–H and O–H groups in total. The quantitative estimate of drug-likeness (QED) is 0.265. The van der Waals surface area contributed by atoms with Crippen LogP contribution in [-0.2, 0) is 28.4 Å². The van der Waals surface area contributed by atoms with Gasteiger partial charge in [-0.05, 0) is 18.8 Å². The second-order valence-electron chi connectivity index (χ2n) is 3.44. The number of esters is 2. The van der Waals surface area contributed by atoms with E-state index in [0.717, 1.165) is 12.8 Å². The van der Waals surface area contributed by atoms with Crippen LogP contribution in [0, 0.1) is 5.92 Å². The first-order chi connectivity index (χ1) is 8.45. The zero-order valence-corrected chi connectivity index (χ0v) is 9.74. The van der Waals surface area contributed by atoms with Crippen molar-refractivity contribution in [2.75, 3.05) is 13.2 Å². The number of hydrogen-bond donors (Lipinski definition) is 0. The van der Waals surface area contributed by atoms with Crippen LogP contribution in [0.3, 0.4) is 0 Å². The lowest BCUT2D eigenvalue weighted by atomic mass is 10.5. The molecule has 10 heteroatoms. The third-order valence-electron chi connectivity index (χ3n) is 1.90. The molecular weight excluding hydrogens is 278 g/mol. The van der Waals surface area contributed by atoms with Gasteiger partial charge in [0, 0.05) is 0 Å². The van der Waals surface area contributed by atoms with Crippen molar-refractivity contribution in [1.29, 1.82) is 0 Å². The van der Waals surface area contributed by atoms with Gasteiger partial charge in [0.1, 0.15) is 12.0 Å². The molecule has 7 nitrogen and oxygen atoms in total. The molecule has 1 fully saturated rings. The molecule has 18 heavy (non-hydrogen) atoms. The van der Waals surface area contributed by atoms with E-state index >= 15 is 0 Å². The fourth-order valence-corrected chi connectivity index (χ4v) is 1.08. The van der Waals surface area contributed by atoms with Crippen molar-refractivity contribution >= 4 is 24.0 Å². The smallest absolute Gasteiger partial charge is 0.415 e. The summed E-state index contributed by atoms with van der Waals surface area (Å²) in [6, 6.07) is 0. The summed E-state index contributed by atoms with van der Waals surface area (Å²) >= 11 is -0.828. The Morgan fingerprint density at radius 2 is 2.00 bits per heavy atom. The van der Waals surface area contributed by atoms with Crippen LogP contribution < -0.4 is 5.26 Å². The average molecular weight is 287 g/mol. The van der Waals surface area contributed by atoms with E-state index in [1.807, 2.05) is 0 Å². The first kappa shape index (κ1) is 15.1. The number of halogens is 2. The van der Waals surface area contributed by atoms with Crippen LogP contribution in [-0.4, -0.2) is 30.4 Å². The zero-order chi connectivity index (χ0) is 13.6. The lowest BCUT2D eigenvalue weighted by molar-refractivity contribution is -0.777. The van der Waals surface area contributed by atoms with E-state index in [1.165, 1.54) is 0 Å². The fraction of sp³-hybridized carbons (Fsp3) is 0.750. The van der Waals surface area contributed by atoms with Gasteiger partial charge in [0.2, 0.25) is 0 Å². The highest BCUT2D eigenvalue weighted by Crippen LogP contribution is 2.31. The summed E-state index contributed by atoms with van der Waals surface area (Å²) in [6.07, 6.45) is 1.91. The summed E-state index contributed by atoms with van der Waals surface area (Å²) in [4.78, 5) is 21.8. The van der Waals surface area contributed by atoms with Crippen molar-refractivity contribution in [2.45, 2.75) is 18.1 Å². The van der Waals surface area contributed by atoms with Gasteiger partial charge in [0.05, 0.1) is 6.61 Å². The van der Waals surface area contributed by atoms with Gasteiger partial charge in [0.25, 0.3) is 0 Å². The first-order valence-corrected chi connectivity index (χ1v) is 5.55. The molecule has 0 aromatic rings. The molecule has 0 atom stereocenters. The molecule has 0 spiro atoms. The minimum Gasteiger partial charge on any atom is -0.691 e. The lowest BCUT2D eigenvalue weighted by Crippen LogP contribution is -2.30. The molecule has 1 rings (SSSR count). The second-order valence-corrected chi connectivity index (χ2v) is 4.25. The van der Waals surface area contributed by atoms with Gasteiger partial charge >= 0.3 is 17.2 Å². The van der Waals surface area contributed by atoms with Crippen LogP contribution >= 0.6 is 12.0 Å². The Hall–Kier alpha value is -0.970. The highest BCUT2D eigenvalue weighted by molar-refractivity contribution is 7.96. The molecular formula is C8H9F2O7S-. The molecule has 0 saturated heterocycles. The normalized spacial score (nSPS) is 15.3. The Morgan fingerprint density at radius 3 is 2.56 bits per heavy atom. The lowest BCUT2D eigenvalue weighted by Gasteiger charge is -2.13. The predicted octanol–water partition coefficient (Wildman–Crippen LogP) is -0.0527. The molecule has 1 saturated carbocycles. The van der Waals surface area contributed by atoms with Crippen molar-refractivity contribution in [2.24, 2.45) is 5.92 Å². The van der Waals surface area contributed by atoms with Crippen molar-refractivity contribution in [1.82, 2.24) is 0 Å². The van der Waals surface area contributed by atoms with E-state index in [0.29, 0.717) is 5.92 Å². The molecule has 0 amide bonds. The van der Waals surface area contributed by atoms with E-state index in [4.69, 9.17) is 0 Å². The van der Waals surface area contributed by atoms with Crippen molar-refractivity contribution in [3.63, 3.8) is 0 Å². The Bertz CT molecular complexity index is 308. The Kier molecular flexibility index (Phi) is 5.72. The van der Waals surface area contributed by atoms with Crippen LogP contribution in [0.4, 0.5) is 8.78 Å². The van der Waals surface area contributed by atoms with Gasteiger partial charge in [-0.15, -0.1) is 0 Å². The number of rotatable bonds is 8. The maximum atomic E-state index is 12.8. The molecule has 104 valence electrons. The highest BCUT2D eigenvalue weighted by Gasteiger charge is 2.44. The Labute approximate surface area is 104 Å². The molecule has 0 aromatic heterocycles. The summed E-state index contributed by atoms with van der Waals surface area (Å²) in [5, 5.41) is 7.82. The molecule has 0 heterocycles. The average Bonchev–Trinajstić information content (AvgIpc) is 3.14. The summed E-state index contributed by atoms with van der Waals surface area (Å²) in [5.74, 6) is -2.64. The Morgan fingerprint density at radius 1 is 1.33 bits per heavy atom. The molecule has 1 aliphatic carbocycles. The van der Waals surface area contributed by atoms with Gasteiger partial charge in [-0.3, -0.25) is 5.04 Å². The maximum Gasteiger partial charge on any atom is 0.415 e. The van der Waals surface area contributed by atoms with E-state index < -0.39 is 35.8 Å². The third-order valence-corrected chi connectivity index (χ3v) is 2.40. The highest BCUT2D eigenvalue weighted by atomic mass is 32.2. The van der Waals surface area contributed by atoms with E-state index in [1.54, 1.807) is 0 Å². The van der Waals surface area contributed by atoms with Crippen LogP contribution in [0.5, 0.6) is 0 Å². The minimum atomic E-state index is -4.15. The second kappa shape index (κ2) is 6.83. The molecule has 0 aromatic carbocycles. The number of hydrogen-bond acceptors (Lipinski definition) is 8. The monoisotopic (exact) mass is 287 g/mol. The van der Waals surface area contributed by atoms with Gasteiger partial charge in [0.15, 0.2) is 6.61 Å². The van der Waals surface area contributed by atoms with Gasteiger partial charge in [-0.25, -0.2) is 9.59 Å². The minimum absolute atomic E-state index is 0.189. The SMILES string of the molecule is O=C(COC(=O)C(F)(F)SOO[O-])OCC1CC1. The number of alkyl halides is 2. The number of carbonyl (C=O) groups excluding carboxylic acids is 2. The molecule has 0 aliphatic heterocycles. The number of ether oxygens (including phenoxy) is 2. The van der Waals surface area contributed by atoms with Crippen molar-refractivity contribution in [3.05, 3.63) is 0 Å². The summed E-state index contributed by atoms with van der Waals surface area (Å²) in [6.45, 7) is -0.741. The molecule has 0 unspecified atom stereocenters. The summed E-state index contributed by atoms with van der Waals surface area (Å²) in [7, 11) is 0. The van der Waals surface area contributed by atoms with E-state index in [9.17, 15) is 23.6 Å². The van der Waals surface area contributed by atoms with Gasteiger partial charge in [-0.1, -0.05) is 0 Å². The van der Waals surface area contributed by atoms with Crippen molar-refractivity contribution < 1.29 is 42.5 Å². The maximum absolute atomic E-state index is 12.8. The third kappa shape index (κ3) is 5.58. The van der Waals surface area contributed by atoms with E-state index in [-0.39, 0.29) is 6.61 Å².